The van der Waals surface area contributed by atoms with Crippen molar-refractivity contribution in [3.8, 4) is 0 Å². The largest absolute Gasteiger partial charge is 0.419 e. The van der Waals surface area contributed by atoms with Crippen molar-refractivity contribution in [2.24, 2.45) is 0 Å². The fourth-order valence-electron chi connectivity index (χ4n) is 1.50. The second kappa shape index (κ2) is 5.60. The van der Waals surface area contributed by atoms with E-state index < -0.39 is 22.4 Å². The normalized spacial score (nSPS) is 11.4. The van der Waals surface area contributed by atoms with Gasteiger partial charge in [0.2, 0.25) is 0 Å². The lowest BCUT2D eigenvalue weighted by molar-refractivity contribution is -0.385. The number of alkyl halides is 3. The van der Waals surface area contributed by atoms with Crippen LogP contribution in [0.5, 0.6) is 0 Å². The van der Waals surface area contributed by atoms with Crippen LogP contribution in [0.15, 0.2) is 46.5 Å². The highest BCUT2D eigenvalue weighted by Gasteiger charge is 2.36. The van der Waals surface area contributed by atoms with Gasteiger partial charge in [-0.15, -0.1) is 0 Å². The Morgan fingerprint density at radius 2 is 1.95 bits per heavy atom. The fraction of sp³-hybridized carbons (Fsp3) is 0.0833. The quantitative estimate of drug-likeness (QED) is 0.530. The second-order valence-electron chi connectivity index (χ2n) is 3.94. The van der Waals surface area contributed by atoms with Crippen molar-refractivity contribution >= 4 is 23.1 Å². The third-order valence-corrected chi connectivity index (χ3v) is 3.59. The van der Waals surface area contributed by atoms with E-state index in [4.69, 9.17) is 5.73 Å². The maximum atomic E-state index is 13.0. The van der Waals surface area contributed by atoms with Crippen LogP contribution in [0.3, 0.4) is 0 Å². The van der Waals surface area contributed by atoms with Crippen LogP contribution >= 0.6 is 11.8 Å². The molecule has 0 amide bonds. The molecule has 1 aromatic carbocycles. The summed E-state index contributed by atoms with van der Waals surface area (Å²) in [6, 6.07) is 6.82. The van der Waals surface area contributed by atoms with Gasteiger partial charge in [-0.2, -0.15) is 13.2 Å². The Morgan fingerprint density at radius 1 is 1.29 bits per heavy atom. The van der Waals surface area contributed by atoms with E-state index in [2.05, 4.69) is 4.98 Å². The van der Waals surface area contributed by atoms with Gasteiger partial charge in [-0.1, -0.05) is 23.9 Å². The monoisotopic (exact) mass is 315 g/mol. The molecular weight excluding hydrogens is 307 g/mol. The third-order valence-electron chi connectivity index (χ3n) is 2.48. The van der Waals surface area contributed by atoms with Gasteiger partial charge >= 0.3 is 6.18 Å². The van der Waals surface area contributed by atoms with Gasteiger partial charge in [-0.25, -0.2) is 4.98 Å². The molecule has 5 nitrogen and oxygen atoms in total. The van der Waals surface area contributed by atoms with Gasteiger partial charge in [-0.05, 0) is 12.1 Å². The molecule has 2 rings (SSSR count). The summed E-state index contributed by atoms with van der Waals surface area (Å²) in [5, 5.41) is 10.2. The first-order valence-corrected chi connectivity index (χ1v) is 6.34. The molecule has 0 saturated heterocycles. The zero-order chi connectivity index (χ0) is 15.6. The number of rotatable bonds is 3. The average molecular weight is 315 g/mol. The number of pyridine rings is 1. The van der Waals surface area contributed by atoms with Gasteiger partial charge in [-0.3, -0.25) is 10.1 Å². The van der Waals surface area contributed by atoms with Crippen molar-refractivity contribution in [3.63, 3.8) is 0 Å². The van der Waals surface area contributed by atoms with Crippen molar-refractivity contribution in [2.75, 3.05) is 5.73 Å². The number of hydrogen-bond acceptors (Lipinski definition) is 5. The highest BCUT2D eigenvalue weighted by molar-refractivity contribution is 7.99. The molecule has 2 N–H and O–H groups in total. The molecule has 0 bridgehead atoms. The third kappa shape index (κ3) is 3.43. The Labute approximate surface area is 121 Å². The number of anilines is 1. The Kier molecular flexibility index (Phi) is 4.03. The van der Waals surface area contributed by atoms with Crippen molar-refractivity contribution in [1.82, 2.24) is 4.98 Å². The van der Waals surface area contributed by atoms with Crippen LogP contribution in [0.2, 0.25) is 0 Å². The molecule has 0 radical (unpaired) electrons. The van der Waals surface area contributed by atoms with E-state index in [-0.39, 0.29) is 5.03 Å². The zero-order valence-corrected chi connectivity index (χ0v) is 11.1. The molecule has 110 valence electrons. The average Bonchev–Trinajstić information content (AvgIpc) is 2.40. The van der Waals surface area contributed by atoms with E-state index in [9.17, 15) is 23.3 Å². The smallest absolute Gasteiger partial charge is 0.398 e. The molecule has 0 aliphatic heterocycles. The molecule has 0 aliphatic rings. The number of nitrogens with zero attached hydrogens (tertiary/aromatic N) is 2. The van der Waals surface area contributed by atoms with E-state index in [1.54, 1.807) is 24.3 Å². The second-order valence-corrected chi connectivity index (χ2v) is 4.97. The van der Waals surface area contributed by atoms with Crippen LogP contribution in [0.25, 0.3) is 0 Å². The number of nitrogen functional groups attached to an aromatic ring is 1. The summed E-state index contributed by atoms with van der Waals surface area (Å²) in [5.74, 6) is 0. The summed E-state index contributed by atoms with van der Waals surface area (Å²) < 4.78 is 39.0. The number of benzene rings is 1. The first-order chi connectivity index (χ1) is 9.79. The topological polar surface area (TPSA) is 82.0 Å². The molecule has 0 unspecified atom stereocenters. The van der Waals surface area contributed by atoms with Gasteiger partial charge in [0.1, 0.15) is 11.2 Å². The molecule has 1 heterocycles. The minimum atomic E-state index is -4.75. The predicted molar refractivity (Wildman–Crippen MR) is 70.9 cm³/mol. The highest BCUT2D eigenvalue weighted by atomic mass is 32.2. The molecule has 0 spiro atoms. The van der Waals surface area contributed by atoms with E-state index in [0.29, 0.717) is 28.4 Å². The molecular formula is C12H8F3N3O2S. The molecule has 0 saturated carbocycles. The Morgan fingerprint density at radius 3 is 2.52 bits per heavy atom. The Hall–Kier alpha value is -2.29. The summed E-state index contributed by atoms with van der Waals surface area (Å²) >= 11 is 0.709. The number of halogens is 3. The summed E-state index contributed by atoms with van der Waals surface area (Å²) in [6.45, 7) is 0. The highest BCUT2D eigenvalue weighted by Crippen LogP contribution is 2.40. The summed E-state index contributed by atoms with van der Waals surface area (Å²) in [5.41, 5.74) is 4.09. The zero-order valence-electron chi connectivity index (χ0n) is 10.3. The lowest BCUT2D eigenvalue weighted by Crippen LogP contribution is -2.09. The van der Waals surface area contributed by atoms with Crippen LogP contribution in [0, 0.1) is 10.1 Å². The van der Waals surface area contributed by atoms with Crippen LogP contribution in [0.1, 0.15) is 5.56 Å². The lowest BCUT2D eigenvalue weighted by Gasteiger charge is -2.12. The molecule has 1 aromatic heterocycles. The SMILES string of the molecule is Nc1ccccc1Sc1ncc([N+](=O)[O-])cc1C(F)(F)F. The van der Waals surface area contributed by atoms with Crippen molar-refractivity contribution in [1.29, 1.82) is 0 Å². The van der Waals surface area contributed by atoms with E-state index >= 15 is 0 Å². The molecule has 0 fully saturated rings. The maximum Gasteiger partial charge on any atom is 0.419 e. The fourth-order valence-corrected chi connectivity index (χ4v) is 2.43. The van der Waals surface area contributed by atoms with Crippen LogP contribution in [0.4, 0.5) is 24.5 Å². The van der Waals surface area contributed by atoms with Gasteiger partial charge in [0.25, 0.3) is 5.69 Å². The maximum absolute atomic E-state index is 13.0. The number of nitrogens with two attached hydrogens (primary N) is 1. The standard InChI is InChI=1S/C12H8F3N3O2S/c13-12(14,15)8-5-7(18(19)20)6-17-11(8)21-10-4-2-1-3-9(10)16/h1-6H,16H2. The number of para-hydroxylation sites is 1. The molecule has 21 heavy (non-hydrogen) atoms. The summed E-state index contributed by atoms with van der Waals surface area (Å²) in [4.78, 5) is 13.6. The minimum Gasteiger partial charge on any atom is -0.398 e. The Balaban J connectivity index is 2.48. The minimum absolute atomic E-state index is 0.302. The first kappa shape index (κ1) is 15.1. The number of hydrogen-bond donors (Lipinski definition) is 1. The van der Waals surface area contributed by atoms with Gasteiger partial charge in [0.05, 0.1) is 10.5 Å². The van der Waals surface area contributed by atoms with Crippen LogP contribution in [-0.2, 0) is 6.18 Å². The van der Waals surface area contributed by atoms with E-state index in [0.717, 1.165) is 6.20 Å². The molecule has 9 heteroatoms. The van der Waals surface area contributed by atoms with Gasteiger partial charge in [0.15, 0.2) is 0 Å². The van der Waals surface area contributed by atoms with E-state index in [1.807, 2.05) is 0 Å². The van der Waals surface area contributed by atoms with Crippen molar-refractivity contribution in [2.45, 2.75) is 16.1 Å². The van der Waals surface area contributed by atoms with Crippen LogP contribution < -0.4 is 5.73 Å². The molecule has 2 aromatic rings. The van der Waals surface area contributed by atoms with Gasteiger partial charge < -0.3 is 5.73 Å². The Bertz CT molecular complexity index is 692. The summed E-state index contributed by atoms with van der Waals surface area (Å²) in [7, 11) is 0. The van der Waals surface area contributed by atoms with Crippen molar-refractivity contribution < 1.29 is 18.1 Å². The predicted octanol–water partition coefficient (Wildman–Crippen LogP) is 3.74. The lowest BCUT2D eigenvalue weighted by atomic mass is 10.2. The first-order valence-electron chi connectivity index (χ1n) is 5.53. The molecule has 0 aliphatic carbocycles. The van der Waals surface area contributed by atoms with Crippen molar-refractivity contribution in [3.05, 3.63) is 52.2 Å². The van der Waals surface area contributed by atoms with E-state index in [1.165, 1.54) is 0 Å². The molecule has 0 atom stereocenters. The number of aromatic nitrogens is 1. The van der Waals surface area contributed by atoms with Crippen LogP contribution in [-0.4, -0.2) is 9.91 Å². The number of nitro groups is 1. The summed E-state index contributed by atoms with van der Waals surface area (Å²) in [6.07, 6.45) is -3.96. The van der Waals surface area contributed by atoms with Gasteiger partial charge in [0, 0.05) is 16.6 Å².